The van der Waals surface area contributed by atoms with E-state index in [1.54, 1.807) is 6.20 Å². The van der Waals surface area contributed by atoms with Gasteiger partial charge in [0, 0.05) is 24.6 Å². The molecule has 2 unspecified atom stereocenters. The molecule has 1 aromatic heterocycles. The molecule has 0 amide bonds. The zero-order valence-electron chi connectivity index (χ0n) is 11.9. The predicted molar refractivity (Wildman–Crippen MR) is 79.8 cm³/mol. The standard InChI is InChI=1S/C15H20N2O2Si/c1-13-10-14(2)19-20(18-13,12-17-9-8-16-11-17)15-6-4-3-5-7-15/h3-9,11,13-14H,10,12H2,1-2H3. The van der Waals surface area contributed by atoms with Crippen LogP contribution in [-0.2, 0) is 15.0 Å². The maximum Gasteiger partial charge on any atom is 0.393 e. The van der Waals surface area contributed by atoms with E-state index in [1.165, 1.54) is 5.19 Å². The molecule has 1 aliphatic rings. The van der Waals surface area contributed by atoms with E-state index in [1.807, 2.05) is 18.6 Å². The lowest BCUT2D eigenvalue weighted by Crippen LogP contribution is -2.63. The number of hydrogen-bond donors (Lipinski definition) is 0. The van der Waals surface area contributed by atoms with E-state index in [0.29, 0.717) is 0 Å². The van der Waals surface area contributed by atoms with E-state index in [9.17, 15) is 0 Å². The van der Waals surface area contributed by atoms with Crippen LogP contribution in [0.4, 0.5) is 0 Å². The van der Waals surface area contributed by atoms with E-state index < -0.39 is 8.56 Å². The summed E-state index contributed by atoms with van der Waals surface area (Å²) in [4.78, 5) is 4.12. The molecular formula is C15H20N2O2Si. The molecule has 0 N–H and O–H groups in total. The molecule has 2 atom stereocenters. The first-order valence-corrected chi connectivity index (χ1v) is 9.07. The molecule has 1 aromatic carbocycles. The van der Waals surface area contributed by atoms with Gasteiger partial charge in [-0.3, -0.25) is 0 Å². The van der Waals surface area contributed by atoms with Gasteiger partial charge in [-0.25, -0.2) is 4.98 Å². The Bertz CT molecular complexity index is 534. The zero-order chi connectivity index (χ0) is 14.0. The Labute approximate surface area is 120 Å². The first-order chi connectivity index (χ1) is 9.68. The molecule has 0 saturated carbocycles. The molecule has 5 heteroatoms. The number of rotatable bonds is 3. The van der Waals surface area contributed by atoms with Crippen molar-refractivity contribution >= 4 is 13.7 Å². The van der Waals surface area contributed by atoms with Crippen LogP contribution in [0.3, 0.4) is 0 Å². The molecule has 106 valence electrons. The smallest absolute Gasteiger partial charge is 0.387 e. The van der Waals surface area contributed by atoms with Gasteiger partial charge in [0.05, 0.1) is 12.5 Å². The van der Waals surface area contributed by atoms with Crippen molar-refractivity contribution in [1.82, 2.24) is 9.55 Å². The number of benzene rings is 1. The van der Waals surface area contributed by atoms with Crippen LogP contribution < -0.4 is 5.19 Å². The largest absolute Gasteiger partial charge is 0.393 e. The second-order valence-electron chi connectivity index (χ2n) is 5.45. The molecule has 0 aliphatic carbocycles. The summed E-state index contributed by atoms with van der Waals surface area (Å²) in [5.41, 5.74) is 0. The highest BCUT2D eigenvalue weighted by Gasteiger charge is 2.46. The lowest BCUT2D eigenvalue weighted by molar-refractivity contribution is 0.0181. The van der Waals surface area contributed by atoms with Crippen LogP contribution in [0.25, 0.3) is 0 Å². The fraction of sp³-hybridized carbons (Fsp3) is 0.400. The summed E-state index contributed by atoms with van der Waals surface area (Å²) in [6, 6.07) is 10.4. The summed E-state index contributed by atoms with van der Waals surface area (Å²) in [6.07, 6.45) is 7.74. The number of hydrogen-bond acceptors (Lipinski definition) is 3. The van der Waals surface area contributed by atoms with Crippen molar-refractivity contribution in [2.75, 3.05) is 0 Å². The Morgan fingerprint density at radius 3 is 2.50 bits per heavy atom. The van der Waals surface area contributed by atoms with Crippen LogP contribution in [0, 0.1) is 0 Å². The van der Waals surface area contributed by atoms with Gasteiger partial charge in [0.25, 0.3) is 0 Å². The third-order valence-corrected chi connectivity index (χ3v) is 7.17. The average Bonchev–Trinajstić information content (AvgIpc) is 2.91. The number of imidazole rings is 1. The minimum atomic E-state index is -2.47. The molecule has 1 aliphatic heterocycles. The lowest BCUT2D eigenvalue weighted by atomic mass is 10.2. The third-order valence-electron chi connectivity index (χ3n) is 3.61. The van der Waals surface area contributed by atoms with Crippen LogP contribution >= 0.6 is 0 Å². The third kappa shape index (κ3) is 2.70. The number of nitrogens with zero attached hydrogens (tertiary/aromatic N) is 2. The Kier molecular flexibility index (Phi) is 3.74. The van der Waals surface area contributed by atoms with E-state index in [0.717, 1.165) is 12.6 Å². The molecule has 1 saturated heterocycles. The average molecular weight is 288 g/mol. The Morgan fingerprint density at radius 2 is 1.90 bits per heavy atom. The second kappa shape index (κ2) is 5.52. The highest BCUT2D eigenvalue weighted by atomic mass is 28.4. The molecule has 0 bridgehead atoms. The van der Waals surface area contributed by atoms with Crippen LogP contribution in [-0.4, -0.2) is 30.3 Å². The maximum atomic E-state index is 6.37. The van der Waals surface area contributed by atoms with Crippen LogP contribution in [0.15, 0.2) is 49.1 Å². The highest BCUT2D eigenvalue weighted by molar-refractivity contribution is 6.80. The van der Waals surface area contributed by atoms with Crippen molar-refractivity contribution in [3.8, 4) is 0 Å². The molecule has 0 spiro atoms. The maximum absolute atomic E-state index is 6.37. The van der Waals surface area contributed by atoms with Gasteiger partial charge in [-0.15, -0.1) is 0 Å². The second-order valence-corrected chi connectivity index (χ2v) is 8.32. The fourth-order valence-corrected chi connectivity index (χ4v) is 6.38. The van der Waals surface area contributed by atoms with Gasteiger partial charge in [-0.2, -0.15) is 0 Å². The summed E-state index contributed by atoms with van der Waals surface area (Å²) < 4.78 is 14.8. The van der Waals surface area contributed by atoms with Crippen molar-refractivity contribution in [3.63, 3.8) is 0 Å². The molecule has 3 rings (SSSR count). The Hall–Kier alpha value is -1.43. The van der Waals surface area contributed by atoms with Crippen molar-refractivity contribution in [2.45, 2.75) is 38.6 Å². The quantitative estimate of drug-likeness (QED) is 0.810. The fourth-order valence-electron chi connectivity index (χ4n) is 2.86. The molecular weight excluding hydrogens is 268 g/mol. The van der Waals surface area contributed by atoms with Gasteiger partial charge in [0.1, 0.15) is 0 Å². The Morgan fingerprint density at radius 1 is 1.20 bits per heavy atom. The summed E-state index contributed by atoms with van der Waals surface area (Å²) in [6.45, 7) is 4.27. The molecule has 0 radical (unpaired) electrons. The van der Waals surface area contributed by atoms with E-state index in [-0.39, 0.29) is 12.2 Å². The minimum Gasteiger partial charge on any atom is -0.387 e. The number of aromatic nitrogens is 2. The summed E-state index contributed by atoms with van der Waals surface area (Å²) >= 11 is 0. The normalized spacial score (nSPS) is 30.3. The van der Waals surface area contributed by atoms with Crippen LogP contribution in [0.1, 0.15) is 20.3 Å². The monoisotopic (exact) mass is 288 g/mol. The topological polar surface area (TPSA) is 36.3 Å². The van der Waals surface area contributed by atoms with Gasteiger partial charge in [0.2, 0.25) is 0 Å². The lowest BCUT2D eigenvalue weighted by Gasteiger charge is -2.41. The van der Waals surface area contributed by atoms with Crippen molar-refractivity contribution < 1.29 is 8.85 Å². The first-order valence-electron chi connectivity index (χ1n) is 7.05. The van der Waals surface area contributed by atoms with Gasteiger partial charge < -0.3 is 13.4 Å². The van der Waals surface area contributed by atoms with E-state index in [4.69, 9.17) is 8.85 Å². The van der Waals surface area contributed by atoms with Gasteiger partial charge >= 0.3 is 8.56 Å². The Balaban J connectivity index is 1.98. The predicted octanol–water partition coefficient (Wildman–Crippen LogP) is 1.99. The van der Waals surface area contributed by atoms with Crippen molar-refractivity contribution in [3.05, 3.63) is 49.1 Å². The van der Waals surface area contributed by atoms with E-state index in [2.05, 4.69) is 47.7 Å². The van der Waals surface area contributed by atoms with E-state index >= 15 is 0 Å². The molecule has 1 fully saturated rings. The summed E-state index contributed by atoms with van der Waals surface area (Å²) in [5.74, 6) is 0. The first kappa shape index (κ1) is 13.5. The van der Waals surface area contributed by atoms with Gasteiger partial charge in [-0.1, -0.05) is 30.3 Å². The van der Waals surface area contributed by atoms with Crippen molar-refractivity contribution in [2.24, 2.45) is 0 Å². The molecule has 2 aromatic rings. The molecule has 2 heterocycles. The summed E-state index contributed by atoms with van der Waals surface area (Å²) in [7, 11) is -2.47. The molecule has 4 nitrogen and oxygen atoms in total. The van der Waals surface area contributed by atoms with Crippen LogP contribution in [0.5, 0.6) is 0 Å². The molecule has 20 heavy (non-hydrogen) atoms. The minimum absolute atomic E-state index is 0.231. The van der Waals surface area contributed by atoms with Crippen LogP contribution in [0.2, 0.25) is 0 Å². The summed E-state index contributed by atoms with van der Waals surface area (Å²) in [5, 5.41) is 1.19. The zero-order valence-corrected chi connectivity index (χ0v) is 12.9. The SMILES string of the molecule is CC1CC(C)O[Si](Cn2ccnc2)(c2ccccc2)O1. The van der Waals surface area contributed by atoms with Gasteiger partial charge in [-0.05, 0) is 25.5 Å². The highest BCUT2D eigenvalue weighted by Crippen LogP contribution is 2.25. The van der Waals surface area contributed by atoms with Gasteiger partial charge in [0.15, 0.2) is 0 Å². The van der Waals surface area contributed by atoms with Crippen molar-refractivity contribution in [1.29, 1.82) is 0 Å².